The number of hydrogen-bond acceptors (Lipinski definition) is 5. The third-order valence-electron chi connectivity index (χ3n) is 4.96. The molecule has 28 heavy (non-hydrogen) atoms. The summed E-state index contributed by atoms with van der Waals surface area (Å²) in [6, 6.07) is 8.01. The van der Waals surface area contributed by atoms with Crippen molar-refractivity contribution in [1.29, 1.82) is 0 Å². The molecule has 1 aliphatic rings. The van der Waals surface area contributed by atoms with E-state index in [9.17, 15) is 9.59 Å². The van der Waals surface area contributed by atoms with Crippen LogP contribution < -0.4 is 10.1 Å². The Morgan fingerprint density at radius 1 is 1.14 bits per heavy atom. The lowest BCUT2D eigenvalue weighted by molar-refractivity contribution is -0.116. The van der Waals surface area contributed by atoms with E-state index >= 15 is 0 Å². The van der Waals surface area contributed by atoms with E-state index in [2.05, 4.69) is 24.4 Å². The zero-order chi connectivity index (χ0) is 19.9. The summed E-state index contributed by atoms with van der Waals surface area (Å²) in [5.74, 6) is 0.346. The average molecular weight is 402 g/mol. The van der Waals surface area contributed by atoms with Crippen LogP contribution in [0.3, 0.4) is 0 Å². The minimum Gasteiger partial charge on any atom is -0.494 e. The molecule has 0 spiro atoms. The maximum atomic E-state index is 12.4. The van der Waals surface area contributed by atoms with Crippen molar-refractivity contribution in [1.82, 2.24) is 0 Å². The van der Waals surface area contributed by atoms with Gasteiger partial charge in [-0.3, -0.25) is 4.79 Å². The summed E-state index contributed by atoms with van der Waals surface area (Å²) in [6.45, 7) is 2.59. The number of carbonyl (C=O) groups is 2. The van der Waals surface area contributed by atoms with Gasteiger partial charge in [-0.1, -0.05) is 19.1 Å². The second-order valence-corrected chi connectivity index (χ2v) is 8.01. The van der Waals surface area contributed by atoms with Crippen molar-refractivity contribution >= 4 is 28.2 Å². The van der Waals surface area contributed by atoms with Crippen LogP contribution >= 0.6 is 11.3 Å². The Balaban J connectivity index is 1.53. The van der Waals surface area contributed by atoms with E-state index in [0.29, 0.717) is 30.0 Å². The number of carbonyl (C=O) groups excluding carboxylic acids is 2. The van der Waals surface area contributed by atoms with Crippen LogP contribution in [0, 0.1) is 0 Å². The van der Waals surface area contributed by atoms with Crippen molar-refractivity contribution in [3.05, 3.63) is 45.8 Å². The van der Waals surface area contributed by atoms with Crippen molar-refractivity contribution in [2.45, 2.75) is 51.9 Å². The molecular weight excluding hydrogens is 374 g/mol. The molecular formula is C22H27NO4S. The topological polar surface area (TPSA) is 64.6 Å². The lowest BCUT2D eigenvalue weighted by Crippen LogP contribution is -2.15. The van der Waals surface area contributed by atoms with E-state index in [-0.39, 0.29) is 11.9 Å². The normalized spacial score (nSPS) is 12.9. The summed E-state index contributed by atoms with van der Waals surface area (Å²) in [5.41, 5.74) is 2.87. The first-order valence-electron chi connectivity index (χ1n) is 9.86. The summed E-state index contributed by atoms with van der Waals surface area (Å²) in [5, 5.41) is 3.54. The van der Waals surface area contributed by atoms with Gasteiger partial charge in [0, 0.05) is 11.3 Å². The first-order chi connectivity index (χ1) is 13.6. The number of fused-ring (bicyclic) bond motifs is 1. The molecule has 6 heteroatoms. The van der Waals surface area contributed by atoms with Crippen molar-refractivity contribution < 1.29 is 19.1 Å². The minimum absolute atomic E-state index is 0.103. The van der Waals surface area contributed by atoms with E-state index in [1.165, 1.54) is 28.9 Å². The number of aryl methyl sites for hydroxylation is 2. The van der Waals surface area contributed by atoms with E-state index in [1.54, 1.807) is 0 Å². The maximum absolute atomic E-state index is 12.4. The van der Waals surface area contributed by atoms with Crippen LogP contribution in [0.2, 0.25) is 0 Å². The Hall–Kier alpha value is -2.34. The van der Waals surface area contributed by atoms with Gasteiger partial charge in [0.05, 0.1) is 19.3 Å². The Kier molecular flexibility index (Phi) is 7.09. The number of thiophene rings is 1. The lowest BCUT2D eigenvalue weighted by atomic mass is 9.95. The van der Waals surface area contributed by atoms with Gasteiger partial charge >= 0.3 is 5.97 Å². The van der Waals surface area contributed by atoms with Crippen LogP contribution in [0.4, 0.5) is 5.00 Å². The second kappa shape index (κ2) is 9.73. The van der Waals surface area contributed by atoms with E-state index in [1.807, 2.05) is 12.1 Å². The number of benzene rings is 1. The van der Waals surface area contributed by atoms with Crippen LogP contribution in [0.25, 0.3) is 0 Å². The largest absolute Gasteiger partial charge is 0.494 e. The van der Waals surface area contributed by atoms with Gasteiger partial charge in [0.1, 0.15) is 10.8 Å². The third kappa shape index (κ3) is 4.93. The summed E-state index contributed by atoms with van der Waals surface area (Å²) in [6.07, 6.45) is 5.98. The molecule has 0 atom stereocenters. The fraction of sp³-hybridized carbons (Fsp3) is 0.455. The summed E-state index contributed by atoms with van der Waals surface area (Å²) < 4.78 is 10.6. The molecule has 0 bridgehead atoms. The SMILES string of the molecule is CCc1ccc(OCCCC(=O)Nc2sc3c(c2C(=O)OC)CCCC3)cc1. The zero-order valence-electron chi connectivity index (χ0n) is 16.5. The number of nitrogens with one attached hydrogen (secondary N) is 1. The lowest BCUT2D eigenvalue weighted by Gasteiger charge is -2.11. The molecule has 1 aliphatic carbocycles. The number of esters is 1. The molecule has 1 aromatic carbocycles. The van der Waals surface area contributed by atoms with Crippen LogP contribution in [0.5, 0.6) is 5.75 Å². The number of methoxy groups -OCH3 is 1. The smallest absolute Gasteiger partial charge is 0.341 e. The second-order valence-electron chi connectivity index (χ2n) is 6.90. The highest BCUT2D eigenvalue weighted by molar-refractivity contribution is 7.17. The van der Waals surface area contributed by atoms with Crippen molar-refractivity contribution in [2.75, 3.05) is 19.0 Å². The number of ether oxygens (including phenoxy) is 2. The van der Waals surface area contributed by atoms with Gasteiger partial charge in [0.15, 0.2) is 0 Å². The molecule has 0 fully saturated rings. The number of anilines is 1. The molecule has 2 aromatic rings. The highest BCUT2D eigenvalue weighted by Gasteiger charge is 2.26. The predicted octanol–water partition coefficient (Wildman–Crippen LogP) is 4.77. The van der Waals surface area contributed by atoms with Crippen molar-refractivity contribution in [2.24, 2.45) is 0 Å². The Bertz CT molecular complexity index is 826. The molecule has 0 saturated heterocycles. The van der Waals surface area contributed by atoms with Gasteiger partial charge in [-0.25, -0.2) is 4.79 Å². The Morgan fingerprint density at radius 2 is 1.89 bits per heavy atom. The van der Waals surface area contributed by atoms with E-state index in [4.69, 9.17) is 9.47 Å². The molecule has 1 heterocycles. The van der Waals surface area contributed by atoms with Gasteiger partial charge in [-0.2, -0.15) is 0 Å². The minimum atomic E-state index is -0.367. The maximum Gasteiger partial charge on any atom is 0.341 e. The molecule has 1 amide bonds. The van der Waals surface area contributed by atoms with Gasteiger partial charge in [-0.15, -0.1) is 11.3 Å². The van der Waals surface area contributed by atoms with Crippen molar-refractivity contribution in [3.63, 3.8) is 0 Å². The molecule has 3 rings (SSSR count). The quantitative estimate of drug-likeness (QED) is 0.511. The van der Waals surface area contributed by atoms with Crippen LogP contribution in [-0.4, -0.2) is 25.6 Å². The Labute approximate surface area is 170 Å². The number of amides is 1. The van der Waals surface area contributed by atoms with E-state index < -0.39 is 0 Å². The first-order valence-corrected chi connectivity index (χ1v) is 10.7. The van der Waals surface area contributed by atoms with E-state index in [0.717, 1.165) is 43.4 Å². The summed E-state index contributed by atoms with van der Waals surface area (Å²) >= 11 is 1.51. The monoisotopic (exact) mass is 401 g/mol. The fourth-order valence-electron chi connectivity index (χ4n) is 3.41. The molecule has 150 valence electrons. The fourth-order valence-corrected chi connectivity index (χ4v) is 4.70. The number of rotatable bonds is 8. The zero-order valence-corrected chi connectivity index (χ0v) is 17.3. The summed E-state index contributed by atoms with van der Waals surface area (Å²) in [7, 11) is 1.38. The van der Waals surface area contributed by atoms with Gasteiger partial charge in [-0.05, 0) is 61.8 Å². The van der Waals surface area contributed by atoms with Gasteiger partial charge in [0.25, 0.3) is 0 Å². The van der Waals surface area contributed by atoms with Crippen molar-refractivity contribution in [3.8, 4) is 5.75 Å². The molecule has 1 aromatic heterocycles. The average Bonchev–Trinajstić information content (AvgIpc) is 3.08. The molecule has 0 radical (unpaired) electrons. The van der Waals surface area contributed by atoms with Crippen LogP contribution in [0.15, 0.2) is 24.3 Å². The number of hydrogen-bond donors (Lipinski definition) is 1. The summed E-state index contributed by atoms with van der Waals surface area (Å²) in [4.78, 5) is 25.8. The molecule has 0 aliphatic heterocycles. The van der Waals surface area contributed by atoms with Crippen LogP contribution in [-0.2, 0) is 28.8 Å². The molecule has 0 saturated carbocycles. The predicted molar refractivity (Wildman–Crippen MR) is 111 cm³/mol. The van der Waals surface area contributed by atoms with Gasteiger partial charge in [0.2, 0.25) is 5.91 Å². The highest BCUT2D eigenvalue weighted by atomic mass is 32.1. The van der Waals surface area contributed by atoms with Gasteiger partial charge < -0.3 is 14.8 Å². The molecule has 1 N–H and O–H groups in total. The third-order valence-corrected chi connectivity index (χ3v) is 6.17. The van der Waals surface area contributed by atoms with Crippen LogP contribution in [0.1, 0.15) is 59.0 Å². The highest BCUT2D eigenvalue weighted by Crippen LogP contribution is 2.38. The molecule has 5 nitrogen and oxygen atoms in total. The molecule has 0 unspecified atom stereocenters. The standard InChI is InChI=1S/C22H27NO4S/c1-3-15-10-12-16(13-11-15)27-14-6-9-19(24)23-21-20(22(25)26-2)17-7-4-5-8-18(17)28-21/h10-13H,3-9,14H2,1-2H3,(H,23,24). The Morgan fingerprint density at radius 3 is 2.61 bits per heavy atom. The first kappa shape index (κ1) is 20.4.